The average molecular weight is 442 g/mol. The first kappa shape index (κ1) is 22.0. The molecule has 1 aliphatic heterocycles. The topological polar surface area (TPSA) is 69.7 Å². The third-order valence-corrected chi connectivity index (χ3v) is 8.19. The van der Waals surface area contributed by atoms with Gasteiger partial charge in [0.15, 0.2) is 0 Å². The third-order valence-electron chi connectivity index (χ3n) is 6.28. The predicted molar refractivity (Wildman–Crippen MR) is 121 cm³/mol. The van der Waals surface area contributed by atoms with Crippen LogP contribution in [0.2, 0.25) is 0 Å². The van der Waals surface area contributed by atoms with Gasteiger partial charge in [-0.2, -0.15) is 4.31 Å². The van der Waals surface area contributed by atoms with Crippen molar-refractivity contribution in [3.63, 3.8) is 0 Å². The molecule has 2 aromatic carbocycles. The molecule has 4 rings (SSSR count). The second-order valence-electron chi connectivity index (χ2n) is 8.56. The van der Waals surface area contributed by atoms with Crippen molar-refractivity contribution >= 4 is 15.9 Å². The maximum absolute atomic E-state index is 13.0. The van der Waals surface area contributed by atoms with Gasteiger partial charge >= 0.3 is 0 Å². The second kappa shape index (κ2) is 9.51. The summed E-state index contributed by atoms with van der Waals surface area (Å²) in [6.07, 6.45) is 3.83. The first-order chi connectivity index (χ1) is 14.9. The highest BCUT2D eigenvalue weighted by atomic mass is 32.2. The van der Waals surface area contributed by atoms with Gasteiger partial charge in [-0.05, 0) is 62.4 Å². The molecule has 1 N–H and O–H groups in total. The molecule has 0 bridgehead atoms. The van der Waals surface area contributed by atoms with E-state index in [4.69, 9.17) is 0 Å². The van der Waals surface area contributed by atoms with Crippen LogP contribution in [-0.4, -0.2) is 56.3 Å². The van der Waals surface area contributed by atoms with Crippen LogP contribution in [0.3, 0.4) is 0 Å². The molecule has 1 atom stereocenters. The molecule has 1 amide bonds. The normalized spacial score (nSPS) is 20.6. The largest absolute Gasteiger partial charge is 0.348 e. The van der Waals surface area contributed by atoms with E-state index in [1.54, 1.807) is 16.4 Å². The number of amides is 1. The zero-order chi connectivity index (χ0) is 21.8. The average Bonchev–Trinajstić information content (AvgIpc) is 3.00. The Hall–Kier alpha value is -2.22. The molecule has 1 aliphatic carbocycles. The number of carbonyl (C=O) groups excluding carboxylic acids is 1. The van der Waals surface area contributed by atoms with E-state index in [-0.39, 0.29) is 11.9 Å². The number of carbonyl (C=O) groups is 1. The molecule has 31 heavy (non-hydrogen) atoms. The molecule has 6 nitrogen and oxygen atoms in total. The van der Waals surface area contributed by atoms with Crippen molar-refractivity contribution < 1.29 is 13.2 Å². The van der Waals surface area contributed by atoms with E-state index in [1.807, 2.05) is 25.1 Å². The second-order valence-corrected chi connectivity index (χ2v) is 10.5. The highest BCUT2D eigenvalue weighted by Crippen LogP contribution is 2.29. The van der Waals surface area contributed by atoms with E-state index < -0.39 is 10.0 Å². The van der Waals surface area contributed by atoms with Crippen LogP contribution in [-0.2, 0) is 21.2 Å². The molecule has 0 radical (unpaired) electrons. The Bertz CT molecular complexity index is 1020. The van der Waals surface area contributed by atoms with Crippen LogP contribution in [0, 0.1) is 6.92 Å². The van der Waals surface area contributed by atoms with E-state index in [9.17, 15) is 13.2 Å². The number of benzene rings is 2. The van der Waals surface area contributed by atoms with Gasteiger partial charge in [-0.1, -0.05) is 42.0 Å². The number of rotatable bonds is 5. The fourth-order valence-electron chi connectivity index (χ4n) is 4.55. The molecule has 1 heterocycles. The lowest BCUT2D eigenvalue weighted by molar-refractivity contribution is -0.123. The highest BCUT2D eigenvalue weighted by Gasteiger charge is 2.28. The summed E-state index contributed by atoms with van der Waals surface area (Å²) < 4.78 is 27.5. The van der Waals surface area contributed by atoms with E-state index in [1.165, 1.54) is 11.1 Å². The van der Waals surface area contributed by atoms with Crippen LogP contribution in [0.25, 0.3) is 0 Å². The lowest BCUT2D eigenvalue weighted by Gasteiger charge is -2.28. The molecular formula is C24H31N3O3S. The van der Waals surface area contributed by atoms with Gasteiger partial charge in [-0.3, -0.25) is 9.69 Å². The molecule has 2 aliphatic rings. The number of hydrogen-bond donors (Lipinski definition) is 1. The molecule has 0 saturated carbocycles. The molecule has 0 aromatic heterocycles. The fraction of sp³-hybridized carbons (Fsp3) is 0.458. The lowest BCUT2D eigenvalue weighted by atomic mass is 9.88. The van der Waals surface area contributed by atoms with Gasteiger partial charge in [-0.25, -0.2) is 8.42 Å². The van der Waals surface area contributed by atoms with Crippen LogP contribution >= 0.6 is 0 Å². The first-order valence-electron chi connectivity index (χ1n) is 11.1. The summed E-state index contributed by atoms with van der Waals surface area (Å²) in [4.78, 5) is 15.1. The summed E-state index contributed by atoms with van der Waals surface area (Å²) in [7, 11) is -3.50. The van der Waals surface area contributed by atoms with Gasteiger partial charge in [0.1, 0.15) is 0 Å². The Morgan fingerprint density at radius 1 is 1.00 bits per heavy atom. The number of fused-ring (bicyclic) bond motifs is 1. The first-order valence-corrected chi connectivity index (χ1v) is 12.5. The molecule has 1 saturated heterocycles. The Balaban J connectivity index is 1.34. The number of sulfonamides is 1. The maximum Gasteiger partial charge on any atom is 0.243 e. The summed E-state index contributed by atoms with van der Waals surface area (Å²) in [6.45, 7) is 4.39. The van der Waals surface area contributed by atoms with Crippen molar-refractivity contribution in [3.8, 4) is 0 Å². The van der Waals surface area contributed by atoms with Gasteiger partial charge in [0.2, 0.25) is 15.9 Å². The Labute approximate surface area is 185 Å². The van der Waals surface area contributed by atoms with Gasteiger partial charge in [-0.15, -0.1) is 0 Å². The van der Waals surface area contributed by atoms with E-state index in [2.05, 4.69) is 28.4 Å². The van der Waals surface area contributed by atoms with Gasteiger partial charge in [0.05, 0.1) is 17.5 Å². The SMILES string of the molecule is Cc1ccc(S(=O)(=O)N2CCCN(CC(=O)N[C@H]3CCCc4ccccc43)CC2)cc1. The fourth-order valence-corrected chi connectivity index (χ4v) is 6.02. The lowest BCUT2D eigenvalue weighted by Crippen LogP contribution is -2.41. The quantitative estimate of drug-likeness (QED) is 0.775. The van der Waals surface area contributed by atoms with Crippen molar-refractivity contribution in [2.75, 3.05) is 32.7 Å². The Kier molecular flexibility index (Phi) is 6.74. The maximum atomic E-state index is 13.0. The molecule has 7 heteroatoms. The van der Waals surface area contributed by atoms with Gasteiger partial charge in [0.25, 0.3) is 0 Å². The van der Waals surface area contributed by atoms with Crippen LogP contribution < -0.4 is 5.32 Å². The van der Waals surface area contributed by atoms with Crippen LogP contribution in [0.1, 0.15) is 42.0 Å². The minimum Gasteiger partial charge on any atom is -0.348 e. The standard InChI is InChI=1S/C24H31N3O3S/c1-19-10-12-21(13-11-19)31(29,30)27-15-5-14-26(16-17-27)18-24(28)25-23-9-4-7-20-6-2-3-8-22(20)23/h2-3,6,8,10-13,23H,4-5,7,9,14-18H2,1H3,(H,25,28)/t23-/m0/s1. The van der Waals surface area contributed by atoms with E-state index in [0.717, 1.165) is 24.8 Å². The van der Waals surface area contributed by atoms with E-state index in [0.29, 0.717) is 44.0 Å². The number of hydrogen-bond acceptors (Lipinski definition) is 4. The predicted octanol–water partition coefficient (Wildman–Crippen LogP) is 2.89. The summed E-state index contributed by atoms with van der Waals surface area (Å²) in [5.74, 6) is 0.0107. The zero-order valence-electron chi connectivity index (χ0n) is 18.1. The third kappa shape index (κ3) is 5.17. The molecule has 0 unspecified atom stereocenters. The van der Waals surface area contributed by atoms with Crippen LogP contribution in [0.5, 0.6) is 0 Å². The Morgan fingerprint density at radius 3 is 2.58 bits per heavy atom. The van der Waals surface area contributed by atoms with Gasteiger partial charge in [0, 0.05) is 19.6 Å². The van der Waals surface area contributed by atoms with Crippen molar-refractivity contribution in [1.29, 1.82) is 0 Å². The van der Waals surface area contributed by atoms with Crippen molar-refractivity contribution in [1.82, 2.24) is 14.5 Å². The zero-order valence-corrected chi connectivity index (χ0v) is 18.9. The minimum atomic E-state index is -3.50. The monoisotopic (exact) mass is 441 g/mol. The summed E-state index contributed by atoms with van der Waals surface area (Å²) in [5.41, 5.74) is 3.59. The van der Waals surface area contributed by atoms with E-state index >= 15 is 0 Å². The minimum absolute atomic E-state index is 0.0107. The van der Waals surface area contributed by atoms with Crippen LogP contribution in [0.4, 0.5) is 0 Å². The number of aryl methyl sites for hydroxylation is 2. The smallest absolute Gasteiger partial charge is 0.243 e. The number of nitrogens with one attached hydrogen (secondary N) is 1. The van der Waals surface area contributed by atoms with Crippen molar-refractivity contribution in [2.24, 2.45) is 0 Å². The van der Waals surface area contributed by atoms with Crippen LogP contribution in [0.15, 0.2) is 53.4 Å². The molecule has 0 spiro atoms. The summed E-state index contributed by atoms with van der Waals surface area (Å²) in [6, 6.07) is 15.4. The Morgan fingerprint density at radius 2 is 1.77 bits per heavy atom. The molecular weight excluding hydrogens is 410 g/mol. The summed E-state index contributed by atoms with van der Waals surface area (Å²) in [5, 5.41) is 3.20. The van der Waals surface area contributed by atoms with Crippen molar-refractivity contribution in [2.45, 2.75) is 43.5 Å². The highest BCUT2D eigenvalue weighted by molar-refractivity contribution is 7.89. The molecule has 1 fully saturated rings. The molecule has 2 aromatic rings. The van der Waals surface area contributed by atoms with Gasteiger partial charge < -0.3 is 5.32 Å². The summed E-state index contributed by atoms with van der Waals surface area (Å²) >= 11 is 0. The number of nitrogens with zero attached hydrogens (tertiary/aromatic N) is 2. The molecule has 166 valence electrons. The van der Waals surface area contributed by atoms with Crippen molar-refractivity contribution in [3.05, 3.63) is 65.2 Å².